The summed E-state index contributed by atoms with van der Waals surface area (Å²) in [6, 6.07) is 0. The van der Waals surface area contributed by atoms with Crippen LogP contribution in [0.4, 0.5) is 0 Å². The molecule has 0 saturated carbocycles. The predicted molar refractivity (Wildman–Crippen MR) is 99.5 cm³/mol. The van der Waals surface area contributed by atoms with Crippen molar-refractivity contribution in [2.24, 2.45) is 11.8 Å². The molecule has 2 amide bonds. The number of hydrogen-bond acceptors (Lipinski definition) is 4. The minimum absolute atomic E-state index is 0.0883. The van der Waals surface area contributed by atoms with Crippen LogP contribution in [0.1, 0.15) is 56.0 Å². The maximum Gasteiger partial charge on any atom is 0.270 e. The molecule has 0 aliphatic rings. The number of rotatable bonds is 10. The summed E-state index contributed by atoms with van der Waals surface area (Å²) in [5, 5.41) is 5.39. The van der Waals surface area contributed by atoms with Crippen molar-refractivity contribution in [3.63, 3.8) is 0 Å². The topological polar surface area (TPSA) is 62.3 Å². The average Bonchev–Trinajstić information content (AvgIpc) is 2.97. The minimum atomic E-state index is -0.157. The molecule has 0 aromatic carbocycles. The monoisotopic (exact) mass is 373 g/mol. The van der Waals surface area contributed by atoms with Crippen molar-refractivity contribution in [1.82, 2.24) is 15.2 Å². The third-order valence-electron chi connectivity index (χ3n) is 3.24. The average molecular weight is 374 g/mol. The van der Waals surface area contributed by atoms with Gasteiger partial charge in [0.25, 0.3) is 5.91 Å². The van der Waals surface area contributed by atoms with Crippen molar-refractivity contribution in [3.8, 4) is 0 Å². The third kappa shape index (κ3) is 7.62. The number of hydrogen-bond donors (Lipinski definition) is 1. The summed E-state index contributed by atoms with van der Waals surface area (Å²) in [5.41, 5.74) is 0.424. The van der Waals surface area contributed by atoms with E-state index in [0.717, 1.165) is 5.01 Å². The van der Waals surface area contributed by atoms with Gasteiger partial charge in [0.2, 0.25) is 5.91 Å². The number of nitrogens with one attached hydrogen (secondary N) is 1. The lowest BCUT2D eigenvalue weighted by Crippen LogP contribution is -2.33. The zero-order valence-corrected chi connectivity index (χ0v) is 16.5. The molecule has 0 aliphatic heterocycles. The third-order valence-corrected chi connectivity index (χ3v) is 4.34. The van der Waals surface area contributed by atoms with Gasteiger partial charge < -0.3 is 10.2 Å². The highest BCUT2D eigenvalue weighted by atomic mass is 35.5. The fourth-order valence-electron chi connectivity index (χ4n) is 2.11. The quantitative estimate of drug-likeness (QED) is 0.638. The molecule has 1 aromatic heterocycles. The van der Waals surface area contributed by atoms with E-state index in [-0.39, 0.29) is 11.8 Å². The van der Waals surface area contributed by atoms with Crippen molar-refractivity contribution in [3.05, 3.63) is 16.1 Å². The van der Waals surface area contributed by atoms with Gasteiger partial charge in [0, 0.05) is 30.8 Å². The van der Waals surface area contributed by atoms with E-state index < -0.39 is 0 Å². The number of amides is 2. The van der Waals surface area contributed by atoms with Gasteiger partial charge in [0.15, 0.2) is 0 Å². The Morgan fingerprint density at radius 2 is 2.00 bits per heavy atom. The van der Waals surface area contributed by atoms with Gasteiger partial charge in [-0.3, -0.25) is 9.59 Å². The molecule has 0 saturated heterocycles. The van der Waals surface area contributed by atoms with E-state index in [0.29, 0.717) is 55.9 Å². The van der Waals surface area contributed by atoms with E-state index in [1.54, 1.807) is 5.38 Å². The minimum Gasteiger partial charge on any atom is -0.350 e. The number of alkyl halides is 1. The molecule has 136 valence electrons. The molecule has 0 unspecified atom stereocenters. The van der Waals surface area contributed by atoms with Crippen LogP contribution in [0, 0.1) is 11.8 Å². The van der Waals surface area contributed by atoms with E-state index >= 15 is 0 Å². The first-order valence-corrected chi connectivity index (χ1v) is 9.81. The predicted octanol–water partition coefficient (Wildman–Crippen LogP) is 3.53. The van der Waals surface area contributed by atoms with Crippen molar-refractivity contribution in [2.45, 2.75) is 47.1 Å². The lowest BCUT2D eigenvalue weighted by Gasteiger charge is -2.23. The van der Waals surface area contributed by atoms with Crippen molar-refractivity contribution in [1.29, 1.82) is 0 Å². The molecule has 1 aromatic rings. The molecule has 5 nitrogen and oxygen atoms in total. The summed E-state index contributed by atoms with van der Waals surface area (Å²) < 4.78 is 0. The molecule has 0 atom stereocenters. The van der Waals surface area contributed by atoms with Gasteiger partial charge in [-0.1, -0.05) is 27.7 Å². The molecule has 0 radical (unpaired) electrons. The van der Waals surface area contributed by atoms with Gasteiger partial charge in [-0.2, -0.15) is 0 Å². The fraction of sp³-hybridized carbons (Fsp3) is 0.706. The number of halogens is 1. The number of nitrogens with zero attached hydrogens (tertiary/aromatic N) is 2. The molecular formula is C17H28ClN3O2S. The Hall–Kier alpha value is -1.14. The van der Waals surface area contributed by atoms with E-state index in [4.69, 9.17) is 11.6 Å². The maximum absolute atomic E-state index is 12.3. The SMILES string of the molecule is CC(C)CNC(=O)c1csc(CN(CC(C)C)C(=O)CCCCl)n1. The highest BCUT2D eigenvalue weighted by Gasteiger charge is 2.18. The Labute approximate surface area is 153 Å². The van der Waals surface area contributed by atoms with Gasteiger partial charge in [-0.25, -0.2) is 4.98 Å². The van der Waals surface area contributed by atoms with Crippen molar-refractivity contribution >= 4 is 34.8 Å². The summed E-state index contributed by atoms with van der Waals surface area (Å²) in [6.07, 6.45) is 1.12. The van der Waals surface area contributed by atoms with E-state index in [9.17, 15) is 9.59 Å². The number of carbonyl (C=O) groups is 2. The summed E-state index contributed by atoms with van der Waals surface area (Å²) >= 11 is 7.10. The Kier molecular flexibility index (Phi) is 9.29. The second-order valence-electron chi connectivity index (χ2n) is 6.69. The van der Waals surface area contributed by atoms with Crippen LogP contribution in [-0.4, -0.2) is 40.7 Å². The second kappa shape index (κ2) is 10.7. The molecule has 1 rings (SSSR count). The van der Waals surface area contributed by atoms with Crippen LogP contribution in [0.25, 0.3) is 0 Å². The molecular weight excluding hydrogens is 346 g/mol. The Bertz CT molecular complexity index is 532. The first-order valence-electron chi connectivity index (χ1n) is 8.39. The van der Waals surface area contributed by atoms with E-state index in [2.05, 4.69) is 24.1 Å². The lowest BCUT2D eigenvalue weighted by molar-refractivity contribution is -0.132. The molecule has 1 N–H and O–H groups in total. The van der Waals surface area contributed by atoms with Gasteiger partial charge in [-0.05, 0) is 18.3 Å². The van der Waals surface area contributed by atoms with Gasteiger partial charge in [0.05, 0.1) is 6.54 Å². The molecule has 0 aliphatic carbocycles. The van der Waals surface area contributed by atoms with Crippen LogP contribution in [0.2, 0.25) is 0 Å². The van der Waals surface area contributed by atoms with Gasteiger partial charge in [-0.15, -0.1) is 22.9 Å². The fourth-order valence-corrected chi connectivity index (χ4v) is 3.03. The van der Waals surface area contributed by atoms with Crippen molar-refractivity contribution < 1.29 is 9.59 Å². The first-order chi connectivity index (χ1) is 11.3. The van der Waals surface area contributed by atoms with Crippen LogP contribution >= 0.6 is 22.9 Å². The van der Waals surface area contributed by atoms with Gasteiger partial charge >= 0.3 is 0 Å². The zero-order chi connectivity index (χ0) is 18.1. The number of thiazole rings is 1. The molecule has 0 spiro atoms. The molecule has 7 heteroatoms. The van der Waals surface area contributed by atoms with Crippen LogP contribution in [0.5, 0.6) is 0 Å². The van der Waals surface area contributed by atoms with Crippen LogP contribution in [0.15, 0.2) is 5.38 Å². The van der Waals surface area contributed by atoms with Crippen LogP contribution in [-0.2, 0) is 11.3 Å². The number of aromatic nitrogens is 1. The second-order valence-corrected chi connectivity index (χ2v) is 8.01. The summed E-state index contributed by atoms with van der Waals surface area (Å²) in [4.78, 5) is 30.6. The molecule has 0 bridgehead atoms. The first kappa shape index (κ1) is 20.9. The zero-order valence-electron chi connectivity index (χ0n) is 15.0. The molecule has 24 heavy (non-hydrogen) atoms. The molecule has 0 fully saturated rings. The van der Waals surface area contributed by atoms with E-state index in [1.165, 1.54) is 11.3 Å². The normalized spacial score (nSPS) is 11.1. The van der Waals surface area contributed by atoms with Crippen molar-refractivity contribution in [2.75, 3.05) is 19.0 Å². The standard InChI is InChI=1S/C17H28ClN3O2S/c1-12(2)8-19-17(23)14-11-24-15(20-14)10-21(9-13(3)4)16(22)6-5-7-18/h11-13H,5-10H2,1-4H3,(H,19,23). The maximum atomic E-state index is 12.3. The summed E-state index contributed by atoms with van der Waals surface area (Å²) in [7, 11) is 0. The van der Waals surface area contributed by atoms with Gasteiger partial charge in [0.1, 0.15) is 10.7 Å². The van der Waals surface area contributed by atoms with E-state index in [1.807, 2.05) is 18.7 Å². The number of carbonyl (C=O) groups excluding carboxylic acids is 2. The smallest absolute Gasteiger partial charge is 0.270 e. The summed E-state index contributed by atoms with van der Waals surface area (Å²) in [6.45, 7) is 9.99. The van der Waals surface area contributed by atoms with Crippen LogP contribution < -0.4 is 5.32 Å². The highest BCUT2D eigenvalue weighted by Crippen LogP contribution is 2.15. The highest BCUT2D eigenvalue weighted by molar-refractivity contribution is 7.09. The van der Waals surface area contributed by atoms with Crippen LogP contribution in [0.3, 0.4) is 0 Å². The summed E-state index contributed by atoms with van der Waals surface area (Å²) in [5.74, 6) is 1.19. The Balaban J connectivity index is 2.69. The lowest BCUT2D eigenvalue weighted by atomic mass is 10.2. The Morgan fingerprint density at radius 1 is 1.29 bits per heavy atom. The molecule has 1 heterocycles. The largest absolute Gasteiger partial charge is 0.350 e. The Morgan fingerprint density at radius 3 is 2.58 bits per heavy atom.